The zero-order valence-corrected chi connectivity index (χ0v) is 11.6. The van der Waals surface area contributed by atoms with Crippen LogP contribution >= 0.6 is 0 Å². The van der Waals surface area contributed by atoms with E-state index in [1.807, 2.05) is 61.5 Å². The molecule has 5 nitrogen and oxygen atoms in total. The van der Waals surface area contributed by atoms with E-state index in [-0.39, 0.29) is 5.69 Å². The van der Waals surface area contributed by atoms with Gasteiger partial charge in [-0.2, -0.15) is 9.78 Å². The van der Waals surface area contributed by atoms with Crippen molar-refractivity contribution in [3.63, 3.8) is 0 Å². The molecule has 2 aromatic carbocycles. The maximum absolute atomic E-state index is 12.4. The number of nitrogens with zero attached hydrogens (tertiary/aromatic N) is 3. The largest absolute Gasteiger partial charge is 0.494 e. The highest BCUT2D eigenvalue weighted by molar-refractivity contribution is 5.38. The number of hydrogen-bond acceptors (Lipinski definition) is 3. The molecule has 0 radical (unpaired) electrons. The maximum atomic E-state index is 12.4. The minimum atomic E-state index is -0.203. The van der Waals surface area contributed by atoms with Gasteiger partial charge < -0.3 is 4.74 Å². The second-order valence-corrected chi connectivity index (χ2v) is 4.46. The van der Waals surface area contributed by atoms with E-state index in [9.17, 15) is 4.79 Å². The van der Waals surface area contributed by atoms with Crippen molar-refractivity contribution in [3.05, 3.63) is 71.4 Å². The van der Waals surface area contributed by atoms with Crippen LogP contribution in [0.2, 0.25) is 0 Å². The van der Waals surface area contributed by atoms with Crippen molar-refractivity contribution in [1.82, 2.24) is 14.3 Å². The molecule has 0 saturated carbocycles. The third kappa shape index (κ3) is 2.58. The Bertz CT molecular complexity index is 773. The van der Waals surface area contributed by atoms with Gasteiger partial charge in [0.1, 0.15) is 12.1 Å². The van der Waals surface area contributed by atoms with Gasteiger partial charge in [-0.25, -0.2) is 9.36 Å². The van der Waals surface area contributed by atoms with Crippen LogP contribution in [0.4, 0.5) is 0 Å². The quantitative estimate of drug-likeness (QED) is 0.738. The lowest BCUT2D eigenvalue weighted by Crippen LogP contribution is -2.22. The number of para-hydroxylation sites is 1. The van der Waals surface area contributed by atoms with Crippen molar-refractivity contribution >= 4 is 0 Å². The van der Waals surface area contributed by atoms with Gasteiger partial charge >= 0.3 is 5.69 Å². The molecular formula is C16H15N3O2. The maximum Gasteiger partial charge on any atom is 0.355 e. The van der Waals surface area contributed by atoms with Crippen molar-refractivity contribution in [1.29, 1.82) is 0 Å². The van der Waals surface area contributed by atoms with Crippen LogP contribution in [0.15, 0.2) is 65.7 Å². The molecular weight excluding hydrogens is 266 g/mol. The average molecular weight is 281 g/mol. The first-order valence-corrected chi connectivity index (χ1v) is 6.75. The SMILES string of the molecule is CCOc1ccc(-n2cnn(-c3ccccc3)c2=O)cc1. The van der Waals surface area contributed by atoms with Gasteiger partial charge in [0.15, 0.2) is 0 Å². The van der Waals surface area contributed by atoms with Crippen molar-refractivity contribution in [2.24, 2.45) is 0 Å². The van der Waals surface area contributed by atoms with Crippen LogP contribution in [-0.4, -0.2) is 21.0 Å². The highest BCUT2D eigenvalue weighted by atomic mass is 16.5. The fourth-order valence-electron chi connectivity index (χ4n) is 2.10. The summed E-state index contributed by atoms with van der Waals surface area (Å²) in [6.45, 7) is 2.55. The number of rotatable bonds is 4. The molecule has 0 aliphatic carbocycles. The highest BCUT2D eigenvalue weighted by Gasteiger charge is 2.08. The van der Waals surface area contributed by atoms with E-state index in [0.29, 0.717) is 6.61 Å². The lowest BCUT2D eigenvalue weighted by atomic mass is 10.3. The summed E-state index contributed by atoms with van der Waals surface area (Å²) in [5.74, 6) is 0.782. The Morgan fingerprint density at radius 3 is 2.38 bits per heavy atom. The fraction of sp³-hybridized carbons (Fsp3) is 0.125. The lowest BCUT2D eigenvalue weighted by Gasteiger charge is -2.04. The molecule has 0 aliphatic heterocycles. The Morgan fingerprint density at radius 2 is 1.71 bits per heavy atom. The summed E-state index contributed by atoms with van der Waals surface area (Å²) in [5, 5.41) is 4.16. The van der Waals surface area contributed by atoms with Gasteiger partial charge in [-0.3, -0.25) is 0 Å². The molecule has 0 aliphatic rings. The summed E-state index contributed by atoms with van der Waals surface area (Å²) < 4.78 is 8.27. The van der Waals surface area contributed by atoms with Crippen molar-refractivity contribution in [2.45, 2.75) is 6.92 Å². The third-order valence-electron chi connectivity index (χ3n) is 3.10. The van der Waals surface area contributed by atoms with E-state index in [2.05, 4.69) is 5.10 Å². The molecule has 5 heteroatoms. The lowest BCUT2D eigenvalue weighted by molar-refractivity contribution is 0.340. The van der Waals surface area contributed by atoms with Crippen LogP contribution in [0.1, 0.15) is 6.92 Å². The molecule has 21 heavy (non-hydrogen) atoms. The average Bonchev–Trinajstić information content (AvgIpc) is 2.91. The van der Waals surface area contributed by atoms with Crippen LogP contribution in [0.25, 0.3) is 11.4 Å². The molecule has 0 bridgehead atoms. The standard InChI is InChI=1S/C16H15N3O2/c1-2-21-15-10-8-13(9-11-15)18-12-17-19(16(18)20)14-6-4-3-5-7-14/h3-12H,2H2,1H3. The monoisotopic (exact) mass is 281 g/mol. The highest BCUT2D eigenvalue weighted by Crippen LogP contribution is 2.14. The topological polar surface area (TPSA) is 49.0 Å². The molecule has 3 rings (SSSR count). The molecule has 0 atom stereocenters. The summed E-state index contributed by atoms with van der Waals surface area (Å²) in [5.41, 5.74) is 1.29. The first-order valence-electron chi connectivity index (χ1n) is 6.75. The van der Waals surface area contributed by atoms with E-state index < -0.39 is 0 Å². The molecule has 0 amide bonds. The van der Waals surface area contributed by atoms with Crippen molar-refractivity contribution in [2.75, 3.05) is 6.61 Å². The number of ether oxygens (including phenoxy) is 1. The Hall–Kier alpha value is -2.82. The molecule has 0 fully saturated rings. The predicted octanol–water partition coefficient (Wildman–Crippen LogP) is 2.42. The normalized spacial score (nSPS) is 10.5. The number of aromatic nitrogens is 3. The van der Waals surface area contributed by atoms with Gasteiger partial charge in [0.05, 0.1) is 18.0 Å². The zero-order valence-electron chi connectivity index (χ0n) is 11.6. The second-order valence-electron chi connectivity index (χ2n) is 4.46. The fourth-order valence-corrected chi connectivity index (χ4v) is 2.10. The zero-order chi connectivity index (χ0) is 14.7. The van der Waals surface area contributed by atoms with E-state index >= 15 is 0 Å². The van der Waals surface area contributed by atoms with Crippen molar-refractivity contribution < 1.29 is 4.74 Å². The Labute approximate surface area is 122 Å². The summed E-state index contributed by atoms with van der Waals surface area (Å²) >= 11 is 0. The first kappa shape index (κ1) is 13.2. The Morgan fingerprint density at radius 1 is 1.00 bits per heavy atom. The molecule has 1 aromatic heterocycles. The summed E-state index contributed by atoms with van der Waals surface area (Å²) in [7, 11) is 0. The summed E-state index contributed by atoms with van der Waals surface area (Å²) in [4.78, 5) is 12.4. The smallest absolute Gasteiger partial charge is 0.355 e. The number of benzene rings is 2. The molecule has 0 saturated heterocycles. The minimum Gasteiger partial charge on any atom is -0.494 e. The van der Waals surface area contributed by atoms with Crippen LogP contribution in [0.3, 0.4) is 0 Å². The molecule has 0 spiro atoms. The minimum absolute atomic E-state index is 0.203. The van der Waals surface area contributed by atoms with Crippen molar-refractivity contribution in [3.8, 4) is 17.1 Å². The van der Waals surface area contributed by atoms with Crippen LogP contribution in [0.5, 0.6) is 5.75 Å². The molecule has 0 N–H and O–H groups in total. The van der Waals surface area contributed by atoms with Crippen LogP contribution < -0.4 is 10.4 Å². The summed E-state index contributed by atoms with van der Waals surface area (Å²) in [6.07, 6.45) is 1.52. The van der Waals surface area contributed by atoms with Gasteiger partial charge in [0.25, 0.3) is 0 Å². The van der Waals surface area contributed by atoms with Gasteiger partial charge in [0.2, 0.25) is 0 Å². The Balaban J connectivity index is 1.97. The van der Waals surface area contributed by atoms with Gasteiger partial charge in [-0.15, -0.1) is 0 Å². The second kappa shape index (κ2) is 5.66. The van der Waals surface area contributed by atoms with Gasteiger partial charge in [-0.05, 0) is 43.3 Å². The van der Waals surface area contributed by atoms with Crippen LogP contribution in [0, 0.1) is 0 Å². The van der Waals surface area contributed by atoms with Gasteiger partial charge in [0, 0.05) is 0 Å². The molecule has 1 heterocycles. The third-order valence-corrected chi connectivity index (χ3v) is 3.10. The van der Waals surface area contributed by atoms with Gasteiger partial charge in [-0.1, -0.05) is 18.2 Å². The van der Waals surface area contributed by atoms with Crippen LogP contribution in [-0.2, 0) is 0 Å². The van der Waals surface area contributed by atoms with E-state index in [4.69, 9.17) is 4.74 Å². The summed E-state index contributed by atoms with van der Waals surface area (Å²) in [6, 6.07) is 16.7. The molecule has 3 aromatic rings. The Kier molecular flexibility index (Phi) is 3.55. The van der Waals surface area contributed by atoms with E-state index in [1.165, 1.54) is 15.6 Å². The predicted molar refractivity (Wildman–Crippen MR) is 80.3 cm³/mol. The molecule has 0 unspecified atom stereocenters. The van der Waals surface area contributed by atoms with E-state index in [1.54, 1.807) is 0 Å². The first-order chi connectivity index (χ1) is 10.3. The van der Waals surface area contributed by atoms with E-state index in [0.717, 1.165) is 17.1 Å². The molecule has 106 valence electrons. The number of hydrogen-bond donors (Lipinski definition) is 0.